The first-order chi connectivity index (χ1) is 10.7. The maximum atomic E-state index is 14.2. The van der Waals surface area contributed by atoms with Crippen LogP contribution in [0.2, 0.25) is 0 Å². The van der Waals surface area contributed by atoms with Gasteiger partial charge < -0.3 is 19.6 Å². The minimum absolute atomic E-state index is 0.172. The zero-order valence-corrected chi connectivity index (χ0v) is 15.1. The number of carbonyl (C=O) groups is 1. The smallest absolute Gasteiger partial charge is 0.410 e. The van der Waals surface area contributed by atoms with Gasteiger partial charge in [-0.15, -0.1) is 0 Å². The standard InChI is InChI=1S/C16H22BrFN2O3/c1-16(2,3)23-15(22)19-6-7-20(12(9-19)10-21)14-5-4-11(17)8-13(14)18/h4-5,8,12,21H,6-7,9-10H2,1-3H3. The van der Waals surface area contributed by atoms with Gasteiger partial charge in [0.15, 0.2) is 0 Å². The number of benzene rings is 1. The van der Waals surface area contributed by atoms with Crippen LogP contribution in [0.3, 0.4) is 0 Å². The summed E-state index contributed by atoms with van der Waals surface area (Å²) in [5.74, 6) is -0.358. The summed E-state index contributed by atoms with van der Waals surface area (Å²) in [6.45, 7) is 6.39. The Morgan fingerprint density at radius 2 is 2.13 bits per heavy atom. The van der Waals surface area contributed by atoms with Crippen molar-refractivity contribution in [2.45, 2.75) is 32.4 Å². The Kier molecular flexibility index (Phi) is 5.52. The summed E-state index contributed by atoms with van der Waals surface area (Å²) in [5, 5.41) is 9.65. The molecule has 1 atom stereocenters. The van der Waals surface area contributed by atoms with E-state index in [4.69, 9.17) is 4.74 Å². The van der Waals surface area contributed by atoms with Gasteiger partial charge >= 0.3 is 6.09 Å². The number of rotatable bonds is 2. The molecule has 1 heterocycles. The molecule has 7 heteroatoms. The van der Waals surface area contributed by atoms with Crippen molar-refractivity contribution < 1.29 is 19.0 Å². The Morgan fingerprint density at radius 1 is 1.43 bits per heavy atom. The lowest BCUT2D eigenvalue weighted by Gasteiger charge is -2.42. The lowest BCUT2D eigenvalue weighted by molar-refractivity contribution is 0.0197. The Labute approximate surface area is 144 Å². The second kappa shape index (κ2) is 7.05. The van der Waals surface area contributed by atoms with Crippen LogP contribution in [0.15, 0.2) is 22.7 Å². The number of hydrogen-bond donors (Lipinski definition) is 1. The first-order valence-corrected chi connectivity index (χ1v) is 8.31. The maximum Gasteiger partial charge on any atom is 0.410 e. The van der Waals surface area contributed by atoms with Crippen molar-refractivity contribution in [2.24, 2.45) is 0 Å². The van der Waals surface area contributed by atoms with E-state index in [9.17, 15) is 14.3 Å². The van der Waals surface area contributed by atoms with Gasteiger partial charge in [0.1, 0.15) is 11.4 Å². The molecule has 0 spiro atoms. The van der Waals surface area contributed by atoms with Crippen LogP contribution in [-0.2, 0) is 4.74 Å². The third kappa shape index (κ3) is 4.57. The molecule has 1 amide bonds. The molecule has 128 valence electrons. The molecule has 23 heavy (non-hydrogen) atoms. The van der Waals surface area contributed by atoms with E-state index in [0.29, 0.717) is 29.8 Å². The van der Waals surface area contributed by atoms with E-state index in [0.717, 1.165) is 0 Å². The number of ether oxygens (including phenoxy) is 1. The van der Waals surface area contributed by atoms with Crippen LogP contribution >= 0.6 is 15.9 Å². The summed E-state index contributed by atoms with van der Waals surface area (Å²) < 4.78 is 20.2. The fourth-order valence-corrected chi connectivity index (χ4v) is 2.87. The molecular formula is C16H22BrFN2O3. The predicted molar refractivity (Wildman–Crippen MR) is 90.1 cm³/mol. The van der Waals surface area contributed by atoms with Crippen LogP contribution in [0.25, 0.3) is 0 Å². The number of amides is 1. The highest BCUT2D eigenvalue weighted by molar-refractivity contribution is 9.10. The van der Waals surface area contributed by atoms with Crippen molar-refractivity contribution in [3.63, 3.8) is 0 Å². The monoisotopic (exact) mass is 388 g/mol. The molecule has 1 unspecified atom stereocenters. The SMILES string of the molecule is CC(C)(C)OC(=O)N1CCN(c2ccc(Br)cc2F)C(CO)C1. The van der Waals surface area contributed by atoms with Gasteiger partial charge in [0.2, 0.25) is 0 Å². The molecule has 1 N–H and O–H groups in total. The zero-order chi connectivity index (χ0) is 17.2. The largest absolute Gasteiger partial charge is 0.444 e. The predicted octanol–water partition coefficient (Wildman–Crippen LogP) is 3.01. The summed E-state index contributed by atoms with van der Waals surface area (Å²) in [5.41, 5.74) is -0.142. The van der Waals surface area contributed by atoms with Gasteiger partial charge in [-0.2, -0.15) is 0 Å². The highest BCUT2D eigenvalue weighted by atomic mass is 79.9. The highest BCUT2D eigenvalue weighted by Crippen LogP contribution is 2.27. The fourth-order valence-electron chi connectivity index (χ4n) is 2.54. The molecule has 1 aromatic rings. The van der Waals surface area contributed by atoms with E-state index in [1.807, 2.05) is 20.8 Å². The lowest BCUT2D eigenvalue weighted by Crippen LogP contribution is -2.57. The van der Waals surface area contributed by atoms with Gasteiger partial charge in [-0.25, -0.2) is 9.18 Å². The average Bonchev–Trinajstić information content (AvgIpc) is 2.45. The van der Waals surface area contributed by atoms with Crippen LogP contribution in [0.5, 0.6) is 0 Å². The molecule has 5 nitrogen and oxygen atoms in total. The highest BCUT2D eigenvalue weighted by Gasteiger charge is 2.32. The number of aliphatic hydroxyl groups is 1. The summed E-state index contributed by atoms with van der Waals surface area (Å²) in [7, 11) is 0. The van der Waals surface area contributed by atoms with E-state index >= 15 is 0 Å². The van der Waals surface area contributed by atoms with Gasteiger partial charge in [0.25, 0.3) is 0 Å². The molecule has 0 radical (unpaired) electrons. The molecule has 1 aliphatic heterocycles. The van der Waals surface area contributed by atoms with Gasteiger partial charge in [0, 0.05) is 24.1 Å². The topological polar surface area (TPSA) is 53.0 Å². The third-order valence-electron chi connectivity index (χ3n) is 3.56. The number of halogens is 2. The zero-order valence-electron chi connectivity index (χ0n) is 13.6. The summed E-state index contributed by atoms with van der Waals surface area (Å²) in [4.78, 5) is 15.5. The second-order valence-electron chi connectivity index (χ2n) is 6.55. The quantitative estimate of drug-likeness (QED) is 0.845. The Hall–Kier alpha value is -1.34. The Bertz CT molecular complexity index is 577. The van der Waals surface area contributed by atoms with Crippen molar-refractivity contribution in [2.75, 3.05) is 31.1 Å². The minimum Gasteiger partial charge on any atom is -0.444 e. The van der Waals surface area contributed by atoms with E-state index in [1.54, 1.807) is 21.9 Å². The Morgan fingerprint density at radius 3 is 2.70 bits per heavy atom. The molecule has 2 rings (SSSR count). The van der Waals surface area contributed by atoms with Crippen molar-refractivity contribution in [1.29, 1.82) is 0 Å². The van der Waals surface area contributed by atoms with Crippen LogP contribution in [0.1, 0.15) is 20.8 Å². The third-order valence-corrected chi connectivity index (χ3v) is 4.06. The molecule has 0 aromatic heterocycles. The molecule has 0 aliphatic carbocycles. The van der Waals surface area contributed by atoms with Gasteiger partial charge in [-0.3, -0.25) is 0 Å². The van der Waals surface area contributed by atoms with E-state index in [-0.39, 0.29) is 18.5 Å². The molecule has 0 saturated carbocycles. The average molecular weight is 389 g/mol. The number of hydrogen-bond acceptors (Lipinski definition) is 4. The number of nitrogens with zero attached hydrogens (tertiary/aromatic N) is 2. The normalized spacial score (nSPS) is 19.0. The van der Waals surface area contributed by atoms with Gasteiger partial charge in [0.05, 0.1) is 18.3 Å². The van der Waals surface area contributed by atoms with E-state index in [2.05, 4.69) is 15.9 Å². The number of carbonyl (C=O) groups excluding carboxylic acids is 1. The molecule has 1 aliphatic rings. The van der Waals surface area contributed by atoms with Crippen LogP contribution < -0.4 is 4.90 Å². The molecule has 0 bridgehead atoms. The molecule has 1 saturated heterocycles. The van der Waals surface area contributed by atoms with Crippen molar-refractivity contribution in [3.8, 4) is 0 Å². The van der Waals surface area contributed by atoms with Crippen molar-refractivity contribution in [1.82, 2.24) is 4.90 Å². The molecule has 1 aromatic carbocycles. The minimum atomic E-state index is -0.569. The molecular weight excluding hydrogens is 367 g/mol. The van der Waals surface area contributed by atoms with Gasteiger partial charge in [-0.1, -0.05) is 15.9 Å². The maximum absolute atomic E-state index is 14.2. The second-order valence-corrected chi connectivity index (χ2v) is 7.47. The molecule has 1 fully saturated rings. The summed E-state index contributed by atoms with van der Waals surface area (Å²) in [6.07, 6.45) is -0.410. The van der Waals surface area contributed by atoms with Gasteiger partial charge in [-0.05, 0) is 39.0 Å². The lowest BCUT2D eigenvalue weighted by atomic mass is 10.1. The number of anilines is 1. The van der Waals surface area contributed by atoms with Crippen LogP contribution in [-0.4, -0.2) is 54.0 Å². The Balaban J connectivity index is 2.11. The first kappa shape index (κ1) is 18.0. The fraction of sp³-hybridized carbons (Fsp3) is 0.562. The van der Waals surface area contributed by atoms with E-state index < -0.39 is 11.7 Å². The van der Waals surface area contributed by atoms with Crippen LogP contribution in [0.4, 0.5) is 14.9 Å². The first-order valence-electron chi connectivity index (χ1n) is 7.52. The summed E-state index contributed by atoms with van der Waals surface area (Å²) in [6, 6.07) is 4.45. The van der Waals surface area contributed by atoms with Crippen LogP contribution in [0, 0.1) is 5.82 Å². The number of piperazine rings is 1. The van der Waals surface area contributed by atoms with E-state index in [1.165, 1.54) is 6.07 Å². The number of aliphatic hydroxyl groups excluding tert-OH is 1. The van der Waals surface area contributed by atoms with Crippen molar-refractivity contribution >= 4 is 27.7 Å². The van der Waals surface area contributed by atoms with Crippen molar-refractivity contribution in [3.05, 3.63) is 28.5 Å². The summed E-state index contributed by atoms with van der Waals surface area (Å²) >= 11 is 3.23.